The van der Waals surface area contributed by atoms with Crippen molar-refractivity contribution >= 4 is 73.8 Å². The Balaban J connectivity index is 1.99. The van der Waals surface area contributed by atoms with Gasteiger partial charge in [-0.15, -0.1) is 0 Å². The van der Waals surface area contributed by atoms with Crippen LogP contribution in [0.5, 0.6) is 0 Å². The highest BCUT2D eigenvalue weighted by Crippen LogP contribution is 2.70. The molecule has 37 heavy (non-hydrogen) atoms. The van der Waals surface area contributed by atoms with Crippen molar-refractivity contribution in [1.82, 2.24) is 0 Å². The van der Waals surface area contributed by atoms with Crippen LogP contribution in [-0.2, 0) is 0 Å². The van der Waals surface area contributed by atoms with Gasteiger partial charge in [0, 0.05) is 0 Å². The van der Waals surface area contributed by atoms with E-state index in [2.05, 4.69) is 0 Å². The fourth-order valence-electron chi connectivity index (χ4n) is 3.70. The largest absolute Gasteiger partial charge is 0.120 e. The van der Waals surface area contributed by atoms with E-state index >= 15 is 0 Å². The van der Waals surface area contributed by atoms with E-state index in [1.54, 1.807) is 0 Å². The second kappa shape index (κ2) is 13.3. The highest BCUT2D eigenvalue weighted by molar-refractivity contribution is 7.88. The molecule has 4 rings (SSSR count). The number of rotatable bonds is 8. The molecule has 0 radical (unpaired) electrons. The van der Waals surface area contributed by atoms with Crippen LogP contribution in [0.2, 0.25) is 0 Å². The molecule has 0 saturated heterocycles. The van der Waals surface area contributed by atoms with Gasteiger partial charge < -0.3 is 0 Å². The molecular formula is C32H24Cl4P+. The maximum Gasteiger partial charge on any atom is 0.120 e. The van der Waals surface area contributed by atoms with Crippen LogP contribution < -0.4 is 0 Å². The number of halogens is 4. The van der Waals surface area contributed by atoms with Gasteiger partial charge in [0.2, 0.25) is 0 Å². The zero-order valence-corrected chi connectivity index (χ0v) is 23.7. The normalized spacial score (nSPS) is 13.5. The SMILES string of the molecule is Cl/C(=C\[P+](/C=C(\Cl)c1ccccc1)(/C=C(\Cl)c1ccccc1)/C=C(/Cl)c1ccccc1)c1ccccc1. The summed E-state index contributed by atoms with van der Waals surface area (Å²) < 4.78 is 0. The van der Waals surface area contributed by atoms with Gasteiger partial charge in [-0.2, -0.15) is 0 Å². The first-order valence-electron chi connectivity index (χ1n) is 11.6. The molecule has 184 valence electrons. The van der Waals surface area contributed by atoms with Crippen LogP contribution in [0.25, 0.3) is 20.1 Å². The summed E-state index contributed by atoms with van der Waals surface area (Å²) in [5.74, 6) is 8.13. The molecule has 0 unspecified atom stereocenters. The molecule has 0 aromatic heterocycles. The Labute approximate surface area is 239 Å². The summed E-state index contributed by atoms with van der Waals surface area (Å²) in [7, 11) is -2.56. The van der Waals surface area contributed by atoms with Crippen molar-refractivity contribution < 1.29 is 0 Å². The van der Waals surface area contributed by atoms with Crippen LogP contribution in [0.4, 0.5) is 0 Å². The summed E-state index contributed by atoms with van der Waals surface area (Å²) in [5.41, 5.74) is 3.58. The molecule has 0 heterocycles. The van der Waals surface area contributed by atoms with E-state index in [1.807, 2.05) is 145 Å². The third-order valence-corrected chi connectivity index (χ3v) is 10.3. The van der Waals surface area contributed by atoms with E-state index in [1.165, 1.54) is 0 Å². The molecule has 4 aromatic carbocycles. The summed E-state index contributed by atoms with van der Waals surface area (Å²) >= 11 is 27.8. The van der Waals surface area contributed by atoms with Crippen LogP contribution >= 0.6 is 53.7 Å². The lowest BCUT2D eigenvalue weighted by Crippen LogP contribution is -1.87. The van der Waals surface area contributed by atoms with E-state index in [0.717, 1.165) is 22.3 Å². The zero-order chi connectivity index (χ0) is 26.1. The standard InChI is InChI=1S/C32H24Cl4P/c33-29(25-13-5-1-6-14-25)21-37(22-30(34)26-15-7-2-8-16-26,23-31(35)27-17-9-3-10-18-27)24-32(36)28-19-11-4-12-20-28/h1-24H/q+1/b29-21-,30-22-,31-23-,32-24+. The van der Waals surface area contributed by atoms with Gasteiger partial charge in [-0.1, -0.05) is 168 Å². The van der Waals surface area contributed by atoms with Crippen LogP contribution in [0.3, 0.4) is 0 Å². The number of hydrogen-bond acceptors (Lipinski definition) is 0. The van der Waals surface area contributed by atoms with E-state index in [9.17, 15) is 0 Å². The Kier molecular flexibility index (Phi) is 9.87. The second-order valence-corrected chi connectivity index (χ2v) is 12.7. The first kappa shape index (κ1) is 27.5. The van der Waals surface area contributed by atoms with Crippen molar-refractivity contribution in [2.45, 2.75) is 0 Å². The molecule has 0 aliphatic rings. The average Bonchev–Trinajstić information content (AvgIpc) is 2.94. The van der Waals surface area contributed by atoms with E-state index in [0.29, 0.717) is 20.1 Å². The topological polar surface area (TPSA) is 0 Å². The van der Waals surface area contributed by atoms with Crippen molar-refractivity contribution in [1.29, 1.82) is 0 Å². The molecule has 0 nitrogen and oxygen atoms in total. The van der Waals surface area contributed by atoms with Crippen LogP contribution in [0.1, 0.15) is 22.3 Å². The Morgan fingerprint density at radius 2 is 0.541 bits per heavy atom. The van der Waals surface area contributed by atoms with Gasteiger partial charge in [-0.25, -0.2) is 0 Å². The summed E-state index contributed by atoms with van der Waals surface area (Å²) in [4.78, 5) is 0. The van der Waals surface area contributed by atoms with Crippen molar-refractivity contribution in [3.05, 3.63) is 167 Å². The third kappa shape index (κ3) is 7.71. The Morgan fingerprint density at radius 1 is 0.351 bits per heavy atom. The first-order valence-corrected chi connectivity index (χ1v) is 15.2. The van der Waals surface area contributed by atoms with Gasteiger partial charge in [0.15, 0.2) is 0 Å². The molecule has 0 amide bonds. The predicted octanol–water partition coefficient (Wildman–Crippen LogP) is 12.0. The zero-order valence-electron chi connectivity index (χ0n) is 19.8. The Bertz CT molecular complexity index is 1200. The van der Waals surface area contributed by atoms with Gasteiger partial charge in [0.05, 0.1) is 43.4 Å². The van der Waals surface area contributed by atoms with Gasteiger partial charge in [-0.05, 0) is 22.3 Å². The fraction of sp³-hybridized carbons (Fsp3) is 0. The van der Waals surface area contributed by atoms with Crippen LogP contribution in [-0.4, -0.2) is 0 Å². The minimum Gasteiger partial charge on any atom is -0.0800 e. The van der Waals surface area contributed by atoms with Crippen molar-refractivity contribution in [3.63, 3.8) is 0 Å². The van der Waals surface area contributed by atoms with Gasteiger partial charge >= 0.3 is 0 Å². The number of benzene rings is 4. The highest BCUT2D eigenvalue weighted by atomic mass is 35.5. The quantitative estimate of drug-likeness (QED) is 0.182. The molecule has 0 bridgehead atoms. The van der Waals surface area contributed by atoms with Crippen LogP contribution in [0.15, 0.2) is 145 Å². The lowest BCUT2D eigenvalue weighted by atomic mass is 10.2. The maximum absolute atomic E-state index is 6.95. The summed E-state index contributed by atoms with van der Waals surface area (Å²) in [6, 6.07) is 39.3. The van der Waals surface area contributed by atoms with Gasteiger partial charge in [0.25, 0.3) is 0 Å². The lowest BCUT2D eigenvalue weighted by Gasteiger charge is -2.16. The predicted molar refractivity (Wildman–Crippen MR) is 168 cm³/mol. The Morgan fingerprint density at radius 3 is 0.730 bits per heavy atom. The van der Waals surface area contributed by atoms with Gasteiger partial charge in [-0.3, -0.25) is 0 Å². The van der Waals surface area contributed by atoms with Crippen molar-refractivity contribution in [2.75, 3.05) is 0 Å². The maximum atomic E-state index is 6.95. The fourth-order valence-corrected chi connectivity index (χ4v) is 8.84. The molecule has 0 aliphatic heterocycles. The monoisotopic (exact) mass is 579 g/mol. The first-order chi connectivity index (χ1) is 18.0. The number of hydrogen-bond donors (Lipinski definition) is 0. The molecule has 5 heteroatoms. The third-order valence-electron chi connectivity index (χ3n) is 5.55. The average molecular weight is 581 g/mol. The molecule has 0 N–H and O–H groups in total. The summed E-state index contributed by atoms with van der Waals surface area (Å²) in [5, 5.41) is 2.35. The molecule has 0 aliphatic carbocycles. The van der Waals surface area contributed by atoms with Crippen molar-refractivity contribution in [2.24, 2.45) is 0 Å². The smallest absolute Gasteiger partial charge is 0.0800 e. The van der Waals surface area contributed by atoms with Gasteiger partial charge in [0.1, 0.15) is 7.26 Å². The van der Waals surface area contributed by atoms with Crippen LogP contribution in [0, 0.1) is 0 Å². The molecule has 0 atom stereocenters. The van der Waals surface area contributed by atoms with E-state index in [4.69, 9.17) is 46.4 Å². The summed E-state index contributed by atoms with van der Waals surface area (Å²) in [6.45, 7) is 0. The second-order valence-electron chi connectivity index (χ2n) is 8.27. The molecule has 0 fully saturated rings. The van der Waals surface area contributed by atoms with E-state index in [-0.39, 0.29) is 0 Å². The Hall–Kier alpha value is -2.57. The molecule has 0 spiro atoms. The highest BCUT2D eigenvalue weighted by Gasteiger charge is 2.33. The van der Waals surface area contributed by atoms with E-state index < -0.39 is 7.26 Å². The lowest BCUT2D eigenvalue weighted by molar-refractivity contribution is 1.65. The van der Waals surface area contributed by atoms with Crippen molar-refractivity contribution in [3.8, 4) is 0 Å². The molecule has 0 saturated carbocycles. The minimum absolute atomic E-state index is 0.588. The molecule has 4 aromatic rings. The summed E-state index contributed by atoms with van der Waals surface area (Å²) in [6.07, 6.45) is 0. The molecular weight excluding hydrogens is 557 g/mol. The minimum atomic E-state index is -2.56.